The molecular formula is C10H14N2O3. The summed E-state index contributed by atoms with van der Waals surface area (Å²) < 4.78 is 0. The van der Waals surface area contributed by atoms with Crippen LogP contribution in [0.1, 0.15) is 12.8 Å². The first-order chi connectivity index (χ1) is 7.15. The SMILES string of the molecule is C#CCN(CC(=O)O)C(=O)C1CCCN1. The van der Waals surface area contributed by atoms with E-state index in [1.54, 1.807) is 0 Å². The van der Waals surface area contributed by atoms with Gasteiger partial charge in [0.1, 0.15) is 6.54 Å². The second kappa shape index (κ2) is 5.37. The number of rotatable bonds is 4. The summed E-state index contributed by atoms with van der Waals surface area (Å²) in [5.41, 5.74) is 0. The number of aliphatic carboxylic acids is 1. The predicted molar refractivity (Wildman–Crippen MR) is 54.1 cm³/mol. The summed E-state index contributed by atoms with van der Waals surface area (Å²) in [6, 6.07) is -0.266. The van der Waals surface area contributed by atoms with Gasteiger partial charge in [-0.3, -0.25) is 9.59 Å². The molecule has 1 aliphatic rings. The second-order valence-corrected chi connectivity index (χ2v) is 3.44. The Bertz CT molecular complexity index is 290. The fourth-order valence-electron chi connectivity index (χ4n) is 1.60. The van der Waals surface area contributed by atoms with Crippen LogP contribution >= 0.6 is 0 Å². The molecule has 0 aromatic carbocycles. The van der Waals surface area contributed by atoms with Crippen molar-refractivity contribution < 1.29 is 14.7 Å². The minimum Gasteiger partial charge on any atom is -0.480 e. The average molecular weight is 210 g/mol. The fourth-order valence-corrected chi connectivity index (χ4v) is 1.60. The van der Waals surface area contributed by atoms with E-state index < -0.39 is 5.97 Å². The van der Waals surface area contributed by atoms with E-state index >= 15 is 0 Å². The molecule has 1 saturated heterocycles. The zero-order valence-corrected chi connectivity index (χ0v) is 8.40. The number of carbonyl (C=O) groups is 2. The van der Waals surface area contributed by atoms with Gasteiger partial charge in [-0.25, -0.2) is 0 Å². The molecule has 0 bridgehead atoms. The van der Waals surface area contributed by atoms with Crippen molar-refractivity contribution in [3.8, 4) is 12.3 Å². The van der Waals surface area contributed by atoms with Crippen LogP contribution in [0.2, 0.25) is 0 Å². The predicted octanol–water partition coefficient (Wildman–Crippen LogP) is -0.715. The molecule has 2 N–H and O–H groups in total. The van der Waals surface area contributed by atoms with Crippen molar-refractivity contribution in [3.63, 3.8) is 0 Å². The third-order valence-electron chi connectivity index (χ3n) is 2.28. The third-order valence-corrected chi connectivity index (χ3v) is 2.28. The number of nitrogens with one attached hydrogen (secondary N) is 1. The molecule has 82 valence electrons. The Hall–Kier alpha value is -1.54. The summed E-state index contributed by atoms with van der Waals surface area (Å²) in [6.07, 6.45) is 6.77. The molecule has 0 aromatic heterocycles. The molecule has 1 rings (SSSR count). The lowest BCUT2D eigenvalue weighted by Crippen LogP contribution is -2.45. The van der Waals surface area contributed by atoms with Gasteiger partial charge in [-0.1, -0.05) is 5.92 Å². The molecule has 5 nitrogen and oxygen atoms in total. The van der Waals surface area contributed by atoms with Crippen molar-refractivity contribution in [2.24, 2.45) is 0 Å². The van der Waals surface area contributed by atoms with E-state index in [2.05, 4.69) is 11.2 Å². The zero-order chi connectivity index (χ0) is 11.3. The lowest BCUT2D eigenvalue weighted by Gasteiger charge is -2.21. The monoisotopic (exact) mass is 210 g/mol. The van der Waals surface area contributed by atoms with E-state index in [1.165, 1.54) is 4.90 Å². The molecule has 1 heterocycles. The molecule has 1 unspecified atom stereocenters. The Balaban J connectivity index is 2.57. The van der Waals surface area contributed by atoms with E-state index in [1.807, 2.05) is 0 Å². The molecule has 15 heavy (non-hydrogen) atoms. The largest absolute Gasteiger partial charge is 0.480 e. The summed E-state index contributed by atoms with van der Waals surface area (Å²) in [4.78, 5) is 23.5. The van der Waals surface area contributed by atoms with Gasteiger partial charge in [0, 0.05) is 0 Å². The van der Waals surface area contributed by atoms with Gasteiger partial charge >= 0.3 is 5.97 Å². The second-order valence-electron chi connectivity index (χ2n) is 3.44. The maximum Gasteiger partial charge on any atom is 0.323 e. The number of amides is 1. The van der Waals surface area contributed by atoms with Gasteiger partial charge in [0.25, 0.3) is 0 Å². The van der Waals surface area contributed by atoms with E-state index in [0.717, 1.165) is 19.4 Å². The molecule has 5 heteroatoms. The van der Waals surface area contributed by atoms with Gasteiger partial charge < -0.3 is 15.3 Å². The van der Waals surface area contributed by atoms with Crippen LogP contribution in [0.4, 0.5) is 0 Å². The Labute approximate surface area is 88.4 Å². The van der Waals surface area contributed by atoms with Crippen molar-refractivity contribution in [1.29, 1.82) is 0 Å². The van der Waals surface area contributed by atoms with Gasteiger partial charge in [0.15, 0.2) is 0 Å². The van der Waals surface area contributed by atoms with Crippen LogP contribution in [0.3, 0.4) is 0 Å². The number of terminal acetylenes is 1. The van der Waals surface area contributed by atoms with Crippen LogP contribution in [-0.2, 0) is 9.59 Å². The van der Waals surface area contributed by atoms with E-state index in [0.29, 0.717) is 0 Å². The summed E-state index contributed by atoms with van der Waals surface area (Å²) in [5.74, 6) is 1.03. The topological polar surface area (TPSA) is 69.6 Å². The number of nitrogens with zero attached hydrogens (tertiary/aromatic N) is 1. The van der Waals surface area contributed by atoms with Gasteiger partial charge in [0.2, 0.25) is 5.91 Å². The number of hydrogen-bond acceptors (Lipinski definition) is 3. The molecule has 0 aromatic rings. The lowest BCUT2D eigenvalue weighted by molar-refractivity contribution is -0.144. The maximum atomic E-state index is 11.8. The first kappa shape index (κ1) is 11.5. The van der Waals surface area contributed by atoms with Gasteiger partial charge in [0.05, 0.1) is 12.6 Å². The summed E-state index contributed by atoms with van der Waals surface area (Å²) >= 11 is 0. The van der Waals surface area contributed by atoms with Crippen molar-refractivity contribution in [2.45, 2.75) is 18.9 Å². The number of carboxylic acid groups (broad SMARTS) is 1. The molecule has 0 saturated carbocycles. The van der Waals surface area contributed by atoms with Crippen LogP contribution in [-0.4, -0.2) is 47.6 Å². The standard InChI is InChI=1S/C10H14N2O3/c1-2-6-12(7-9(13)14)10(15)8-4-3-5-11-8/h1,8,11H,3-7H2,(H,13,14). The van der Waals surface area contributed by atoms with E-state index in [4.69, 9.17) is 11.5 Å². The van der Waals surface area contributed by atoms with Gasteiger partial charge in [-0.05, 0) is 19.4 Å². The van der Waals surface area contributed by atoms with E-state index in [9.17, 15) is 9.59 Å². The molecule has 0 spiro atoms. The third kappa shape index (κ3) is 3.26. The molecule has 1 amide bonds. The van der Waals surface area contributed by atoms with Crippen molar-refractivity contribution >= 4 is 11.9 Å². The van der Waals surface area contributed by atoms with Crippen molar-refractivity contribution in [3.05, 3.63) is 0 Å². The minimum absolute atomic E-state index is 0.0450. The average Bonchev–Trinajstić information content (AvgIpc) is 2.68. The Morgan fingerprint density at radius 1 is 1.60 bits per heavy atom. The Morgan fingerprint density at radius 3 is 2.80 bits per heavy atom. The summed E-state index contributed by atoms with van der Waals surface area (Å²) in [6.45, 7) is 0.512. The highest BCUT2D eigenvalue weighted by Gasteiger charge is 2.27. The van der Waals surface area contributed by atoms with Gasteiger partial charge in [-0.2, -0.15) is 0 Å². The molecular weight excluding hydrogens is 196 g/mol. The van der Waals surface area contributed by atoms with Crippen LogP contribution in [0.15, 0.2) is 0 Å². The number of hydrogen-bond donors (Lipinski definition) is 2. The fraction of sp³-hybridized carbons (Fsp3) is 0.600. The van der Waals surface area contributed by atoms with Crippen LogP contribution in [0, 0.1) is 12.3 Å². The number of carboxylic acids is 1. The minimum atomic E-state index is -1.04. The molecule has 0 aliphatic carbocycles. The molecule has 1 atom stereocenters. The molecule has 0 radical (unpaired) electrons. The maximum absolute atomic E-state index is 11.8. The quantitative estimate of drug-likeness (QED) is 0.601. The molecule has 1 fully saturated rings. The first-order valence-electron chi connectivity index (χ1n) is 4.82. The summed E-state index contributed by atoms with van der Waals surface area (Å²) in [7, 11) is 0. The van der Waals surface area contributed by atoms with Crippen LogP contribution < -0.4 is 5.32 Å². The normalized spacial score (nSPS) is 19.5. The smallest absolute Gasteiger partial charge is 0.323 e. The van der Waals surface area contributed by atoms with Crippen molar-refractivity contribution in [2.75, 3.05) is 19.6 Å². The first-order valence-corrected chi connectivity index (χ1v) is 4.82. The van der Waals surface area contributed by atoms with Crippen molar-refractivity contribution in [1.82, 2.24) is 10.2 Å². The van der Waals surface area contributed by atoms with Crippen LogP contribution in [0.25, 0.3) is 0 Å². The Morgan fingerprint density at radius 2 is 2.33 bits per heavy atom. The highest BCUT2D eigenvalue weighted by atomic mass is 16.4. The highest BCUT2D eigenvalue weighted by Crippen LogP contribution is 2.08. The summed E-state index contributed by atoms with van der Waals surface area (Å²) in [5, 5.41) is 11.6. The lowest BCUT2D eigenvalue weighted by atomic mass is 10.2. The number of carbonyl (C=O) groups excluding carboxylic acids is 1. The van der Waals surface area contributed by atoms with E-state index in [-0.39, 0.29) is 25.0 Å². The van der Waals surface area contributed by atoms with Gasteiger partial charge in [-0.15, -0.1) is 6.42 Å². The zero-order valence-electron chi connectivity index (χ0n) is 8.40. The molecule has 1 aliphatic heterocycles. The highest BCUT2D eigenvalue weighted by molar-refractivity contribution is 5.85. The van der Waals surface area contributed by atoms with Crippen LogP contribution in [0.5, 0.6) is 0 Å². The Kier molecular flexibility index (Phi) is 4.13.